The number of esters is 1. The zero-order valence-electron chi connectivity index (χ0n) is 9.69. The van der Waals surface area contributed by atoms with Crippen LogP contribution in [-0.4, -0.2) is 37.3 Å². The number of carbonyl (C=O) groups is 2. The van der Waals surface area contributed by atoms with Crippen molar-refractivity contribution < 1.29 is 19.1 Å². The number of amides is 1. The van der Waals surface area contributed by atoms with Crippen molar-refractivity contribution in [1.29, 1.82) is 0 Å². The highest BCUT2D eigenvalue weighted by Gasteiger charge is 2.10. The summed E-state index contributed by atoms with van der Waals surface area (Å²) < 4.78 is 9.24. The predicted octanol–water partition coefficient (Wildman–Crippen LogP) is 1.22. The first-order valence-electron chi connectivity index (χ1n) is 5.10. The van der Waals surface area contributed by atoms with Gasteiger partial charge in [-0.05, 0) is 6.92 Å². The van der Waals surface area contributed by atoms with E-state index in [1.165, 1.54) is 18.4 Å². The second-order valence-electron chi connectivity index (χ2n) is 3.02. The average Bonchev–Trinajstić information content (AvgIpc) is 2.77. The Hall–Kier alpha value is -1.63. The first-order valence-corrected chi connectivity index (χ1v) is 5.98. The number of nitrogens with one attached hydrogen (secondary N) is 1. The molecule has 0 bridgehead atoms. The van der Waals surface area contributed by atoms with Gasteiger partial charge < -0.3 is 14.8 Å². The van der Waals surface area contributed by atoms with Crippen molar-refractivity contribution in [2.24, 2.45) is 0 Å². The summed E-state index contributed by atoms with van der Waals surface area (Å²) >= 11 is 1.35. The highest BCUT2D eigenvalue weighted by atomic mass is 32.1. The van der Waals surface area contributed by atoms with Crippen LogP contribution in [0.25, 0.3) is 0 Å². The van der Waals surface area contributed by atoms with Gasteiger partial charge in [0.15, 0.2) is 5.69 Å². The van der Waals surface area contributed by atoms with Crippen LogP contribution >= 0.6 is 11.3 Å². The van der Waals surface area contributed by atoms with E-state index in [2.05, 4.69) is 15.0 Å². The highest BCUT2D eigenvalue weighted by molar-refractivity contribution is 7.09. The number of methoxy groups -OCH3 is 1. The maximum absolute atomic E-state index is 11.1. The van der Waals surface area contributed by atoms with Crippen LogP contribution in [0.15, 0.2) is 5.38 Å². The van der Waals surface area contributed by atoms with E-state index in [0.29, 0.717) is 25.3 Å². The van der Waals surface area contributed by atoms with E-state index in [-0.39, 0.29) is 0 Å². The Morgan fingerprint density at radius 2 is 2.29 bits per heavy atom. The number of aromatic nitrogens is 1. The van der Waals surface area contributed by atoms with Crippen molar-refractivity contribution in [3.05, 3.63) is 16.1 Å². The standard InChI is InChI=1S/C10H14N2O4S/c1-3-16-10(14)11-5-4-8-12-7(6-17-8)9(13)15-2/h6H,3-5H2,1-2H3,(H,11,14). The van der Waals surface area contributed by atoms with Gasteiger partial charge in [0, 0.05) is 18.3 Å². The molecule has 0 atom stereocenters. The number of hydrogen-bond acceptors (Lipinski definition) is 6. The second-order valence-corrected chi connectivity index (χ2v) is 3.96. The Labute approximate surface area is 103 Å². The molecule has 17 heavy (non-hydrogen) atoms. The average molecular weight is 258 g/mol. The summed E-state index contributed by atoms with van der Waals surface area (Å²) in [4.78, 5) is 26.2. The van der Waals surface area contributed by atoms with Gasteiger partial charge in [0.2, 0.25) is 0 Å². The van der Waals surface area contributed by atoms with Crippen LogP contribution < -0.4 is 5.32 Å². The lowest BCUT2D eigenvalue weighted by molar-refractivity contribution is 0.0594. The third-order valence-corrected chi connectivity index (χ3v) is 2.74. The fourth-order valence-corrected chi connectivity index (χ4v) is 1.85. The molecule has 94 valence electrons. The van der Waals surface area contributed by atoms with E-state index in [4.69, 9.17) is 4.74 Å². The number of ether oxygens (including phenoxy) is 2. The highest BCUT2D eigenvalue weighted by Crippen LogP contribution is 2.10. The molecule has 0 aliphatic rings. The van der Waals surface area contributed by atoms with E-state index in [1.807, 2.05) is 0 Å². The molecule has 1 aromatic heterocycles. The van der Waals surface area contributed by atoms with Gasteiger partial charge in [-0.3, -0.25) is 0 Å². The maximum Gasteiger partial charge on any atom is 0.407 e. The third-order valence-electron chi connectivity index (χ3n) is 1.83. The van der Waals surface area contributed by atoms with Gasteiger partial charge in [-0.1, -0.05) is 0 Å². The SMILES string of the molecule is CCOC(=O)NCCc1nc(C(=O)OC)cs1. The largest absolute Gasteiger partial charge is 0.464 e. The first kappa shape index (κ1) is 13.4. The van der Waals surface area contributed by atoms with E-state index in [0.717, 1.165) is 5.01 Å². The lowest BCUT2D eigenvalue weighted by Crippen LogP contribution is -2.26. The number of rotatable bonds is 5. The van der Waals surface area contributed by atoms with Gasteiger partial charge in [0.25, 0.3) is 0 Å². The molecule has 1 aromatic rings. The molecule has 0 aliphatic heterocycles. The summed E-state index contributed by atoms with van der Waals surface area (Å²) in [6, 6.07) is 0. The molecule has 0 spiro atoms. The van der Waals surface area contributed by atoms with E-state index in [9.17, 15) is 9.59 Å². The summed E-state index contributed by atoms with van der Waals surface area (Å²) in [5, 5.41) is 4.97. The van der Waals surface area contributed by atoms with Gasteiger partial charge in [-0.15, -0.1) is 11.3 Å². The summed E-state index contributed by atoms with van der Waals surface area (Å²) in [7, 11) is 1.31. The minimum absolute atomic E-state index is 0.295. The molecule has 1 heterocycles. The molecule has 0 saturated heterocycles. The fraction of sp³-hybridized carbons (Fsp3) is 0.500. The van der Waals surface area contributed by atoms with Crippen molar-refractivity contribution in [3.8, 4) is 0 Å². The molecule has 0 aliphatic carbocycles. The summed E-state index contributed by atoms with van der Waals surface area (Å²) in [5.74, 6) is -0.453. The maximum atomic E-state index is 11.1. The van der Waals surface area contributed by atoms with Crippen LogP contribution in [0.2, 0.25) is 0 Å². The normalized spacial score (nSPS) is 9.76. The molecule has 6 nitrogen and oxygen atoms in total. The van der Waals surface area contributed by atoms with Crippen molar-refractivity contribution >= 4 is 23.4 Å². The number of alkyl carbamates (subject to hydrolysis) is 1. The molecule has 0 unspecified atom stereocenters. The molecule has 0 aromatic carbocycles. The van der Waals surface area contributed by atoms with Crippen LogP contribution in [0.4, 0.5) is 4.79 Å². The summed E-state index contributed by atoms with van der Waals surface area (Å²) in [5.41, 5.74) is 0.295. The molecular formula is C10H14N2O4S. The van der Waals surface area contributed by atoms with Gasteiger partial charge in [0.05, 0.1) is 18.7 Å². The van der Waals surface area contributed by atoms with Gasteiger partial charge in [-0.25, -0.2) is 14.6 Å². The van der Waals surface area contributed by atoms with E-state index >= 15 is 0 Å². The minimum Gasteiger partial charge on any atom is -0.464 e. The van der Waals surface area contributed by atoms with Crippen LogP contribution in [-0.2, 0) is 15.9 Å². The second kappa shape index (κ2) is 6.85. The Morgan fingerprint density at radius 1 is 1.53 bits per heavy atom. The molecule has 0 saturated carbocycles. The number of nitrogens with zero attached hydrogens (tertiary/aromatic N) is 1. The molecule has 0 radical (unpaired) electrons. The molecule has 1 amide bonds. The van der Waals surface area contributed by atoms with Crippen molar-refractivity contribution in [1.82, 2.24) is 10.3 Å². The van der Waals surface area contributed by atoms with Gasteiger partial charge in [-0.2, -0.15) is 0 Å². The lowest BCUT2D eigenvalue weighted by atomic mass is 10.4. The van der Waals surface area contributed by atoms with Crippen molar-refractivity contribution in [3.63, 3.8) is 0 Å². The summed E-state index contributed by atoms with van der Waals surface area (Å²) in [6.45, 7) is 2.51. The first-order chi connectivity index (χ1) is 8.17. The third kappa shape index (κ3) is 4.39. The van der Waals surface area contributed by atoms with E-state index < -0.39 is 12.1 Å². The lowest BCUT2D eigenvalue weighted by Gasteiger charge is -2.02. The minimum atomic E-state index is -0.453. The Balaban J connectivity index is 2.35. The Kier molecular flexibility index (Phi) is 5.41. The van der Waals surface area contributed by atoms with Gasteiger partial charge in [0.1, 0.15) is 0 Å². The monoisotopic (exact) mass is 258 g/mol. The van der Waals surface area contributed by atoms with Crippen LogP contribution in [0, 0.1) is 0 Å². The Bertz CT molecular complexity index is 391. The Morgan fingerprint density at radius 3 is 2.94 bits per heavy atom. The van der Waals surface area contributed by atoms with Crippen LogP contribution in [0.5, 0.6) is 0 Å². The number of hydrogen-bond donors (Lipinski definition) is 1. The number of carbonyl (C=O) groups excluding carboxylic acids is 2. The molecule has 0 fully saturated rings. The van der Waals surface area contributed by atoms with Gasteiger partial charge >= 0.3 is 12.1 Å². The molecular weight excluding hydrogens is 244 g/mol. The quantitative estimate of drug-likeness (QED) is 0.803. The molecule has 1 rings (SSSR count). The van der Waals surface area contributed by atoms with Crippen LogP contribution in [0.3, 0.4) is 0 Å². The summed E-state index contributed by atoms with van der Waals surface area (Å²) in [6.07, 6.45) is 0.109. The predicted molar refractivity (Wildman–Crippen MR) is 62.2 cm³/mol. The topological polar surface area (TPSA) is 77.5 Å². The molecule has 7 heteroatoms. The smallest absolute Gasteiger partial charge is 0.407 e. The fourth-order valence-electron chi connectivity index (χ4n) is 1.08. The van der Waals surface area contributed by atoms with Crippen LogP contribution in [0.1, 0.15) is 22.4 Å². The van der Waals surface area contributed by atoms with E-state index in [1.54, 1.807) is 12.3 Å². The van der Waals surface area contributed by atoms with Crippen molar-refractivity contribution in [2.45, 2.75) is 13.3 Å². The number of thiazole rings is 1. The van der Waals surface area contributed by atoms with Crippen molar-refractivity contribution in [2.75, 3.05) is 20.3 Å². The zero-order valence-corrected chi connectivity index (χ0v) is 10.5. The zero-order chi connectivity index (χ0) is 12.7. The molecule has 1 N–H and O–H groups in total.